The van der Waals surface area contributed by atoms with Crippen LogP contribution in [0.15, 0.2) is 66.3 Å². The number of likely N-dealkylation sites (tertiary alicyclic amines) is 1. The molecule has 3 aromatic heterocycles. The molecular weight excluding hydrogens is 598 g/mol. The minimum Gasteiger partial charge on any atom is -0.444 e. The van der Waals surface area contributed by atoms with E-state index < -0.39 is 5.60 Å². The highest BCUT2D eigenvalue weighted by molar-refractivity contribution is 7.09. The molecule has 0 spiro atoms. The molecule has 1 atom stereocenters. The van der Waals surface area contributed by atoms with E-state index in [2.05, 4.69) is 55.2 Å². The topological polar surface area (TPSA) is 114 Å². The number of pyridine rings is 1. The van der Waals surface area contributed by atoms with Gasteiger partial charge in [-0.1, -0.05) is 24.3 Å². The average molecular weight is 638 g/mol. The average Bonchev–Trinajstić information content (AvgIpc) is 3.46. The molecule has 2 N–H and O–H groups in total. The van der Waals surface area contributed by atoms with Crippen LogP contribution < -0.4 is 15.4 Å². The number of fused-ring (bicyclic) bond motifs is 1. The number of aromatic nitrogens is 4. The molecule has 0 saturated carbocycles. The maximum Gasteiger partial charge on any atom is 0.410 e. The van der Waals surface area contributed by atoms with Crippen molar-refractivity contribution in [1.82, 2.24) is 24.8 Å². The summed E-state index contributed by atoms with van der Waals surface area (Å²) in [7, 11) is 0. The lowest BCUT2D eigenvalue weighted by molar-refractivity contribution is 0.0206. The van der Waals surface area contributed by atoms with Crippen LogP contribution in [0.1, 0.15) is 49.9 Å². The van der Waals surface area contributed by atoms with Gasteiger partial charge in [0.05, 0.1) is 28.5 Å². The summed E-state index contributed by atoms with van der Waals surface area (Å²) in [6.45, 7) is 11.5. The number of nitrogens with zero attached hydrogens (tertiary/aromatic N) is 5. The molecule has 1 aliphatic heterocycles. The van der Waals surface area contributed by atoms with E-state index in [1.165, 1.54) is 0 Å². The van der Waals surface area contributed by atoms with Crippen LogP contribution in [-0.2, 0) is 11.3 Å². The first-order valence-corrected chi connectivity index (χ1v) is 16.4. The maximum absolute atomic E-state index is 12.7. The molecule has 1 amide bonds. The molecule has 2 aromatic carbocycles. The smallest absolute Gasteiger partial charge is 0.410 e. The minimum atomic E-state index is -0.538. The Kier molecular flexibility index (Phi) is 9.03. The molecule has 4 heterocycles. The Morgan fingerprint density at radius 2 is 1.89 bits per heavy atom. The number of hydrogen-bond donors (Lipinski definition) is 2. The number of thiazole rings is 1. The zero-order chi connectivity index (χ0) is 32.3. The van der Waals surface area contributed by atoms with Gasteiger partial charge >= 0.3 is 6.09 Å². The second-order valence-electron chi connectivity index (χ2n) is 12.5. The van der Waals surface area contributed by atoms with Crippen molar-refractivity contribution in [3.05, 3.63) is 82.6 Å². The summed E-state index contributed by atoms with van der Waals surface area (Å²) >= 11 is 1.65. The Hall–Kier alpha value is -4.77. The molecule has 0 unspecified atom stereocenters. The summed E-state index contributed by atoms with van der Waals surface area (Å²) in [6.07, 6.45) is 4.90. The number of piperidine rings is 1. The second-order valence-corrected chi connectivity index (χ2v) is 13.5. The fraction of sp³-hybridized carbons (Fsp3) is 0.343. The Morgan fingerprint density at radius 3 is 2.70 bits per heavy atom. The number of anilines is 2. The number of nitrogens with one attached hydrogen (secondary N) is 2. The fourth-order valence-corrected chi connectivity index (χ4v) is 6.13. The van der Waals surface area contributed by atoms with E-state index in [0.29, 0.717) is 37.2 Å². The Bertz CT molecular complexity index is 1850. The van der Waals surface area contributed by atoms with Gasteiger partial charge in [0, 0.05) is 53.4 Å². The van der Waals surface area contributed by atoms with Crippen LogP contribution in [0.3, 0.4) is 0 Å². The van der Waals surface area contributed by atoms with Gasteiger partial charge in [-0.15, -0.1) is 11.3 Å². The fourth-order valence-electron chi connectivity index (χ4n) is 5.52. The number of ether oxygens (including phenoxy) is 2. The van der Waals surface area contributed by atoms with Gasteiger partial charge in [0.1, 0.15) is 11.4 Å². The highest BCUT2D eigenvalue weighted by Gasteiger charge is 2.28. The minimum absolute atomic E-state index is 0.00168. The van der Waals surface area contributed by atoms with Crippen molar-refractivity contribution in [3.8, 4) is 22.9 Å². The van der Waals surface area contributed by atoms with Crippen LogP contribution in [0.5, 0.6) is 11.6 Å². The third-order valence-corrected chi connectivity index (χ3v) is 8.47. The highest BCUT2D eigenvalue weighted by atomic mass is 32.1. The van der Waals surface area contributed by atoms with E-state index in [-0.39, 0.29) is 12.1 Å². The summed E-state index contributed by atoms with van der Waals surface area (Å²) in [5.41, 5.74) is 3.91. The predicted octanol–water partition coefficient (Wildman–Crippen LogP) is 7.98. The zero-order valence-corrected chi connectivity index (χ0v) is 27.6. The van der Waals surface area contributed by atoms with E-state index in [0.717, 1.165) is 56.9 Å². The number of aryl methyl sites for hydroxylation is 2. The standard InChI is InChI=1S/C35H39N7O3S/c1-22-13-14-26-27(10-6-12-29(26)38-19-25-21-46-23(2)39-25)31(22)44-32-28(11-7-16-36-32)30-15-17-37-33(41-30)40-24-9-8-18-42(20-24)34(43)45-35(3,4)5/h6-7,10-17,21,24,38H,8-9,18-20H2,1-5H3,(H,37,40,41)/t24-/m0/s1. The normalized spacial score (nSPS) is 15.1. The third kappa shape index (κ3) is 7.37. The van der Waals surface area contributed by atoms with Crippen molar-refractivity contribution in [2.75, 3.05) is 23.7 Å². The van der Waals surface area contributed by atoms with E-state index >= 15 is 0 Å². The van der Waals surface area contributed by atoms with Gasteiger partial charge in [-0.25, -0.2) is 24.7 Å². The molecule has 5 aromatic rings. The summed E-state index contributed by atoms with van der Waals surface area (Å²) < 4.78 is 12.2. The number of carbonyl (C=O) groups is 1. The van der Waals surface area contributed by atoms with Gasteiger partial charge in [0.25, 0.3) is 0 Å². The third-order valence-electron chi connectivity index (χ3n) is 7.64. The molecule has 10 nitrogen and oxygen atoms in total. The van der Waals surface area contributed by atoms with Gasteiger partial charge in [0.2, 0.25) is 11.8 Å². The second kappa shape index (κ2) is 13.3. The molecule has 0 radical (unpaired) electrons. The molecule has 46 heavy (non-hydrogen) atoms. The number of rotatable bonds is 8. The molecule has 1 fully saturated rings. The molecule has 1 aliphatic rings. The van der Waals surface area contributed by atoms with E-state index in [4.69, 9.17) is 14.5 Å². The lowest BCUT2D eigenvalue weighted by Crippen LogP contribution is -2.47. The van der Waals surface area contributed by atoms with Crippen LogP contribution in [0.2, 0.25) is 0 Å². The predicted molar refractivity (Wildman–Crippen MR) is 183 cm³/mol. The lowest BCUT2D eigenvalue weighted by atomic mass is 10.0. The Balaban J connectivity index is 1.22. The van der Waals surface area contributed by atoms with Gasteiger partial charge in [-0.05, 0) is 77.3 Å². The van der Waals surface area contributed by atoms with Crippen molar-refractivity contribution in [3.63, 3.8) is 0 Å². The highest BCUT2D eigenvalue weighted by Crippen LogP contribution is 2.38. The lowest BCUT2D eigenvalue weighted by Gasteiger charge is -2.34. The van der Waals surface area contributed by atoms with Crippen LogP contribution in [-0.4, -0.2) is 55.7 Å². The van der Waals surface area contributed by atoms with E-state index in [1.807, 2.05) is 58.9 Å². The first-order chi connectivity index (χ1) is 22.1. The van der Waals surface area contributed by atoms with Gasteiger partial charge in [-0.3, -0.25) is 0 Å². The van der Waals surface area contributed by atoms with Gasteiger partial charge in [0.15, 0.2) is 0 Å². The van der Waals surface area contributed by atoms with Crippen molar-refractivity contribution >= 4 is 39.8 Å². The first-order valence-electron chi connectivity index (χ1n) is 15.5. The largest absolute Gasteiger partial charge is 0.444 e. The summed E-state index contributed by atoms with van der Waals surface area (Å²) in [5.74, 6) is 1.67. The van der Waals surface area contributed by atoms with Crippen molar-refractivity contribution in [1.29, 1.82) is 0 Å². The number of carbonyl (C=O) groups excluding carboxylic acids is 1. The summed E-state index contributed by atoms with van der Waals surface area (Å²) in [5, 5.41) is 12.1. The van der Waals surface area contributed by atoms with E-state index in [9.17, 15) is 4.79 Å². The van der Waals surface area contributed by atoms with Crippen molar-refractivity contribution in [2.45, 2.75) is 65.6 Å². The molecule has 1 saturated heterocycles. The molecule has 0 bridgehead atoms. The Labute approximate surface area is 273 Å². The molecule has 6 rings (SSSR count). The van der Waals surface area contributed by atoms with Crippen LogP contribution >= 0.6 is 11.3 Å². The summed E-state index contributed by atoms with van der Waals surface area (Å²) in [6, 6.07) is 16.0. The zero-order valence-electron chi connectivity index (χ0n) is 26.8. The van der Waals surface area contributed by atoms with Gasteiger partial charge < -0.3 is 25.0 Å². The molecular formula is C35H39N7O3S. The maximum atomic E-state index is 12.7. The quantitative estimate of drug-likeness (QED) is 0.175. The van der Waals surface area contributed by atoms with Crippen LogP contribution in [0.4, 0.5) is 16.4 Å². The molecule has 238 valence electrons. The van der Waals surface area contributed by atoms with Crippen molar-refractivity contribution < 1.29 is 14.3 Å². The van der Waals surface area contributed by atoms with Crippen LogP contribution in [0, 0.1) is 13.8 Å². The van der Waals surface area contributed by atoms with E-state index in [1.54, 1.807) is 28.6 Å². The summed E-state index contributed by atoms with van der Waals surface area (Å²) in [4.78, 5) is 32.9. The molecule has 11 heteroatoms. The molecule has 0 aliphatic carbocycles. The first kappa shape index (κ1) is 31.2. The van der Waals surface area contributed by atoms with Crippen molar-refractivity contribution in [2.24, 2.45) is 0 Å². The monoisotopic (exact) mass is 637 g/mol. The number of hydrogen-bond acceptors (Lipinski definition) is 10. The number of amides is 1. The van der Waals surface area contributed by atoms with Gasteiger partial charge in [-0.2, -0.15) is 0 Å². The van der Waals surface area contributed by atoms with Crippen LogP contribution in [0.25, 0.3) is 22.0 Å². The SMILES string of the molecule is Cc1nc(CNc2cccc3c(Oc4ncccc4-c4ccnc(N[C@H]5CCCN(C(=O)OC(C)(C)C)C5)n4)c(C)ccc23)cs1. The number of benzene rings is 2. The Morgan fingerprint density at radius 1 is 1.02 bits per heavy atom.